The maximum Gasteiger partial charge on any atom is 0.184 e. The third-order valence-corrected chi connectivity index (χ3v) is 2.52. The highest BCUT2D eigenvalue weighted by atomic mass is 79.9. The summed E-state index contributed by atoms with van der Waals surface area (Å²) in [6.45, 7) is 0. The Hall–Kier alpha value is -1.34. The molecule has 0 atom stereocenters. The molecular weight excluding hydrogens is 306 g/mol. The molecule has 0 saturated heterocycles. The van der Waals surface area contributed by atoms with E-state index < -0.39 is 0 Å². The largest absolute Gasteiger partial charge is 0.493 e. The second-order valence-corrected chi connectivity index (χ2v) is 4.27. The van der Waals surface area contributed by atoms with Crippen LogP contribution in [0, 0.1) is 0 Å². The van der Waals surface area contributed by atoms with E-state index in [-0.39, 0.29) is 5.11 Å². The molecule has 1 aromatic carbocycles. The van der Waals surface area contributed by atoms with E-state index in [1.807, 2.05) is 6.07 Å². The van der Waals surface area contributed by atoms with Crippen LogP contribution < -0.4 is 20.6 Å². The number of halogens is 1. The fourth-order valence-electron chi connectivity index (χ4n) is 1.18. The average Bonchev–Trinajstić information content (AvgIpc) is 2.27. The smallest absolute Gasteiger partial charge is 0.184 e. The monoisotopic (exact) mass is 317 g/mol. The second-order valence-electron chi connectivity index (χ2n) is 2.97. The minimum atomic E-state index is 0.112. The van der Waals surface area contributed by atoms with Crippen LogP contribution in [0.3, 0.4) is 0 Å². The van der Waals surface area contributed by atoms with Gasteiger partial charge in [-0.2, -0.15) is 5.10 Å². The van der Waals surface area contributed by atoms with Gasteiger partial charge in [0, 0.05) is 0 Å². The minimum absolute atomic E-state index is 0.112. The van der Waals surface area contributed by atoms with Crippen molar-refractivity contribution in [3.8, 4) is 11.5 Å². The molecule has 3 N–H and O–H groups in total. The summed E-state index contributed by atoms with van der Waals surface area (Å²) in [5.41, 5.74) is 8.53. The van der Waals surface area contributed by atoms with Crippen LogP contribution in [-0.4, -0.2) is 25.5 Å². The Labute approximate surface area is 113 Å². The van der Waals surface area contributed by atoms with Crippen LogP contribution >= 0.6 is 28.1 Å². The van der Waals surface area contributed by atoms with Crippen molar-refractivity contribution in [2.24, 2.45) is 10.8 Å². The molecule has 92 valence electrons. The van der Waals surface area contributed by atoms with Crippen LogP contribution in [0.15, 0.2) is 21.7 Å². The second kappa shape index (κ2) is 6.41. The topological polar surface area (TPSA) is 68.9 Å². The van der Waals surface area contributed by atoms with E-state index in [0.717, 1.165) is 10.0 Å². The summed E-state index contributed by atoms with van der Waals surface area (Å²) in [4.78, 5) is 0. The Balaban J connectivity index is 2.99. The van der Waals surface area contributed by atoms with Crippen LogP contribution in [-0.2, 0) is 0 Å². The Bertz CT molecular complexity index is 451. The SMILES string of the molecule is COc1cc(/C=N\NC(N)=S)cc(Br)c1OC. The predicted molar refractivity (Wildman–Crippen MR) is 74.8 cm³/mol. The lowest BCUT2D eigenvalue weighted by Gasteiger charge is -2.10. The molecule has 0 fully saturated rings. The van der Waals surface area contributed by atoms with Gasteiger partial charge in [0.05, 0.1) is 24.9 Å². The number of ether oxygens (including phenoxy) is 2. The standard InChI is InChI=1S/C10H12BrN3O2S/c1-15-8-4-6(5-13-14-10(12)17)3-7(11)9(8)16-2/h3-5H,1-2H3,(H3,12,14,17)/b13-5-. The van der Waals surface area contributed by atoms with Gasteiger partial charge < -0.3 is 15.2 Å². The Kier molecular flexibility index (Phi) is 5.17. The molecule has 1 aromatic rings. The zero-order chi connectivity index (χ0) is 12.8. The molecule has 0 spiro atoms. The van der Waals surface area contributed by atoms with Crippen LogP contribution in [0.2, 0.25) is 0 Å². The fourth-order valence-corrected chi connectivity index (χ4v) is 1.86. The molecule has 0 unspecified atom stereocenters. The van der Waals surface area contributed by atoms with Gasteiger partial charge in [-0.15, -0.1) is 0 Å². The summed E-state index contributed by atoms with van der Waals surface area (Å²) in [7, 11) is 3.14. The van der Waals surface area contributed by atoms with E-state index in [9.17, 15) is 0 Å². The van der Waals surface area contributed by atoms with Crippen molar-refractivity contribution in [3.63, 3.8) is 0 Å². The quantitative estimate of drug-likeness (QED) is 0.502. The number of benzene rings is 1. The molecule has 0 aromatic heterocycles. The van der Waals surface area contributed by atoms with E-state index in [1.54, 1.807) is 26.5 Å². The van der Waals surface area contributed by atoms with Gasteiger partial charge in [0.15, 0.2) is 16.6 Å². The molecule has 0 aliphatic rings. The number of hydrazone groups is 1. The summed E-state index contributed by atoms with van der Waals surface area (Å²) in [6.07, 6.45) is 1.58. The maximum absolute atomic E-state index is 5.24. The summed E-state index contributed by atoms with van der Waals surface area (Å²) in [6, 6.07) is 3.63. The van der Waals surface area contributed by atoms with Gasteiger partial charge in [0.25, 0.3) is 0 Å². The summed E-state index contributed by atoms with van der Waals surface area (Å²) >= 11 is 8.01. The van der Waals surface area contributed by atoms with E-state index in [2.05, 4.69) is 38.7 Å². The van der Waals surface area contributed by atoms with E-state index in [1.165, 1.54) is 0 Å². The minimum Gasteiger partial charge on any atom is -0.493 e. The van der Waals surface area contributed by atoms with Crippen molar-refractivity contribution in [3.05, 3.63) is 22.2 Å². The van der Waals surface area contributed by atoms with Crippen LogP contribution in [0.4, 0.5) is 0 Å². The molecule has 0 bridgehead atoms. The molecular formula is C10H12BrN3O2S. The molecule has 17 heavy (non-hydrogen) atoms. The molecule has 7 heteroatoms. The van der Waals surface area contributed by atoms with Gasteiger partial charge >= 0.3 is 0 Å². The first-order chi connectivity index (χ1) is 8.08. The van der Waals surface area contributed by atoms with Gasteiger partial charge in [0.2, 0.25) is 0 Å². The van der Waals surface area contributed by atoms with Crippen LogP contribution in [0.5, 0.6) is 11.5 Å². The highest BCUT2D eigenvalue weighted by molar-refractivity contribution is 9.10. The number of thiocarbonyl (C=S) groups is 1. The van der Waals surface area contributed by atoms with Crippen molar-refractivity contribution < 1.29 is 9.47 Å². The van der Waals surface area contributed by atoms with Gasteiger partial charge in [0.1, 0.15) is 0 Å². The lowest BCUT2D eigenvalue weighted by molar-refractivity contribution is 0.353. The summed E-state index contributed by atoms with van der Waals surface area (Å²) in [5, 5.41) is 3.97. The van der Waals surface area contributed by atoms with E-state index in [0.29, 0.717) is 11.5 Å². The van der Waals surface area contributed by atoms with Gasteiger partial charge in [-0.1, -0.05) is 0 Å². The molecule has 0 amide bonds. The zero-order valence-electron chi connectivity index (χ0n) is 9.36. The van der Waals surface area contributed by atoms with Crippen molar-refractivity contribution in [1.29, 1.82) is 0 Å². The van der Waals surface area contributed by atoms with E-state index in [4.69, 9.17) is 15.2 Å². The average molecular weight is 318 g/mol. The lowest BCUT2D eigenvalue weighted by atomic mass is 10.2. The number of methoxy groups -OCH3 is 2. The summed E-state index contributed by atoms with van der Waals surface area (Å²) in [5.74, 6) is 1.24. The highest BCUT2D eigenvalue weighted by Gasteiger charge is 2.09. The van der Waals surface area contributed by atoms with Crippen LogP contribution in [0.25, 0.3) is 0 Å². The number of nitrogens with two attached hydrogens (primary N) is 1. The predicted octanol–water partition coefficient (Wildman–Crippen LogP) is 1.63. The first-order valence-electron chi connectivity index (χ1n) is 4.58. The third-order valence-electron chi connectivity index (χ3n) is 1.84. The van der Waals surface area contributed by atoms with Crippen molar-refractivity contribution in [2.45, 2.75) is 0 Å². The fraction of sp³-hybridized carbons (Fsp3) is 0.200. The normalized spacial score (nSPS) is 10.3. The van der Waals surface area contributed by atoms with Gasteiger partial charge in [-0.25, -0.2) is 0 Å². The summed E-state index contributed by atoms with van der Waals surface area (Å²) < 4.78 is 11.2. The zero-order valence-corrected chi connectivity index (χ0v) is 11.8. The van der Waals surface area contributed by atoms with Crippen molar-refractivity contribution in [2.75, 3.05) is 14.2 Å². The van der Waals surface area contributed by atoms with Crippen molar-refractivity contribution in [1.82, 2.24) is 5.43 Å². The van der Waals surface area contributed by atoms with Gasteiger partial charge in [-0.3, -0.25) is 5.43 Å². The van der Waals surface area contributed by atoms with E-state index >= 15 is 0 Å². The molecule has 5 nitrogen and oxygen atoms in total. The Morgan fingerprint density at radius 3 is 2.71 bits per heavy atom. The molecule has 0 radical (unpaired) electrons. The molecule has 0 aliphatic heterocycles. The number of hydrogen-bond acceptors (Lipinski definition) is 4. The highest BCUT2D eigenvalue weighted by Crippen LogP contribution is 2.35. The molecule has 0 saturated carbocycles. The number of nitrogens with zero attached hydrogens (tertiary/aromatic N) is 1. The number of nitrogens with one attached hydrogen (secondary N) is 1. The Morgan fingerprint density at radius 2 is 2.18 bits per heavy atom. The molecule has 1 rings (SSSR count). The Morgan fingerprint density at radius 1 is 1.47 bits per heavy atom. The maximum atomic E-state index is 5.24. The van der Waals surface area contributed by atoms with Gasteiger partial charge in [-0.05, 0) is 45.8 Å². The molecule has 0 aliphatic carbocycles. The first-order valence-corrected chi connectivity index (χ1v) is 5.78. The first kappa shape index (κ1) is 13.7. The van der Waals surface area contributed by atoms with Crippen LogP contribution in [0.1, 0.15) is 5.56 Å². The number of hydrogen-bond donors (Lipinski definition) is 2. The molecule has 0 heterocycles. The van der Waals surface area contributed by atoms with Crippen molar-refractivity contribution >= 4 is 39.5 Å². The lowest BCUT2D eigenvalue weighted by Crippen LogP contribution is -2.23. The number of rotatable bonds is 4. The third kappa shape index (κ3) is 3.86.